The SMILES string of the molecule is Cn1ncc2c(=O)[nH]c(CN(C3CC3)[C@H]3CCc4ccccc43)nc21. The summed E-state index contributed by atoms with van der Waals surface area (Å²) in [6.45, 7) is 0.681. The lowest BCUT2D eigenvalue weighted by molar-refractivity contribution is 0.172. The number of H-pyrrole nitrogens is 1. The molecule has 1 N–H and O–H groups in total. The van der Waals surface area contributed by atoms with E-state index < -0.39 is 0 Å². The van der Waals surface area contributed by atoms with E-state index in [0.29, 0.717) is 29.7 Å². The van der Waals surface area contributed by atoms with Crippen LogP contribution in [0, 0.1) is 0 Å². The number of aromatic amines is 1. The van der Waals surface area contributed by atoms with Gasteiger partial charge in [-0.2, -0.15) is 5.10 Å². The zero-order valence-electron chi connectivity index (χ0n) is 14.3. The Labute approximate surface area is 145 Å². The van der Waals surface area contributed by atoms with Crippen molar-refractivity contribution in [3.05, 3.63) is 57.8 Å². The molecule has 6 heteroatoms. The Morgan fingerprint density at radius 1 is 1.28 bits per heavy atom. The van der Waals surface area contributed by atoms with Gasteiger partial charge < -0.3 is 4.98 Å². The molecule has 0 aliphatic heterocycles. The van der Waals surface area contributed by atoms with Gasteiger partial charge in [-0.25, -0.2) is 4.98 Å². The quantitative estimate of drug-likeness (QED) is 0.794. The van der Waals surface area contributed by atoms with Crippen LogP contribution in [0.25, 0.3) is 11.0 Å². The van der Waals surface area contributed by atoms with Gasteiger partial charge >= 0.3 is 0 Å². The standard InChI is InChI=1S/C19H21N5O/c1-23-18-15(10-20-23)19(25)22-17(21-18)11-24(13-7-8-13)16-9-6-12-4-2-3-5-14(12)16/h2-5,10,13,16H,6-9,11H2,1H3,(H,21,22,25)/t16-/m0/s1. The smallest absolute Gasteiger partial charge is 0.262 e. The Hall–Kier alpha value is -2.47. The fourth-order valence-corrected chi connectivity index (χ4v) is 4.10. The molecule has 1 fully saturated rings. The van der Waals surface area contributed by atoms with Crippen LogP contribution in [0.1, 0.15) is 42.3 Å². The van der Waals surface area contributed by atoms with E-state index in [-0.39, 0.29) is 5.56 Å². The van der Waals surface area contributed by atoms with Crippen LogP contribution in [0.15, 0.2) is 35.3 Å². The lowest BCUT2D eigenvalue weighted by atomic mass is 10.1. The maximum Gasteiger partial charge on any atom is 0.262 e. The maximum atomic E-state index is 12.3. The van der Waals surface area contributed by atoms with Crippen LogP contribution in [0.5, 0.6) is 0 Å². The zero-order valence-corrected chi connectivity index (χ0v) is 14.3. The van der Waals surface area contributed by atoms with Crippen molar-refractivity contribution in [1.82, 2.24) is 24.6 Å². The number of rotatable bonds is 4. The molecule has 2 aromatic heterocycles. The minimum absolute atomic E-state index is 0.101. The van der Waals surface area contributed by atoms with Gasteiger partial charge in [0.2, 0.25) is 0 Å². The van der Waals surface area contributed by atoms with Gasteiger partial charge in [0.05, 0.1) is 12.7 Å². The molecule has 0 spiro atoms. The molecule has 1 aromatic carbocycles. The van der Waals surface area contributed by atoms with Crippen LogP contribution in [0.3, 0.4) is 0 Å². The number of nitrogens with one attached hydrogen (secondary N) is 1. The number of hydrogen-bond acceptors (Lipinski definition) is 4. The van der Waals surface area contributed by atoms with Gasteiger partial charge in [0.15, 0.2) is 5.65 Å². The van der Waals surface area contributed by atoms with Crippen LogP contribution in [-0.4, -0.2) is 30.7 Å². The van der Waals surface area contributed by atoms with E-state index >= 15 is 0 Å². The molecule has 0 saturated heterocycles. The van der Waals surface area contributed by atoms with E-state index in [1.165, 1.54) is 24.0 Å². The highest BCUT2D eigenvalue weighted by Gasteiger charge is 2.37. The number of benzene rings is 1. The van der Waals surface area contributed by atoms with Gasteiger partial charge in [0.1, 0.15) is 11.2 Å². The monoisotopic (exact) mass is 335 g/mol. The van der Waals surface area contributed by atoms with Crippen LogP contribution in [0.4, 0.5) is 0 Å². The first kappa shape index (κ1) is 14.8. The molecular formula is C19H21N5O. The largest absolute Gasteiger partial charge is 0.309 e. The van der Waals surface area contributed by atoms with E-state index in [0.717, 1.165) is 18.7 Å². The summed E-state index contributed by atoms with van der Waals surface area (Å²) in [7, 11) is 1.82. The third kappa shape index (κ3) is 2.48. The second kappa shape index (κ2) is 5.52. The molecule has 2 aliphatic carbocycles. The number of hydrogen-bond donors (Lipinski definition) is 1. The number of nitrogens with zero attached hydrogens (tertiary/aromatic N) is 4. The highest BCUT2D eigenvalue weighted by molar-refractivity contribution is 5.72. The van der Waals surface area contributed by atoms with E-state index in [9.17, 15) is 4.79 Å². The molecule has 0 amide bonds. The molecular weight excluding hydrogens is 314 g/mol. The van der Waals surface area contributed by atoms with E-state index in [1.807, 2.05) is 7.05 Å². The van der Waals surface area contributed by atoms with Crippen molar-refractivity contribution in [2.24, 2.45) is 7.05 Å². The van der Waals surface area contributed by atoms with Gasteiger partial charge in [0.25, 0.3) is 5.56 Å². The van der Waals surface area contributed by atoms with Crippen LogP contribution in [-0.2, 0) is 20.0 Å². The molecule has 0 unspecified atom stereocenters. The topological polar surface area (TPSA) is 66.8 Å². The highest BCUT2D eigenvalue weighted by Crippen LogP contribution is 2.42. The lowest BCUT2D eigenvalue weighted by Gasteiger charge is -2.29. The van der Waals surface area contributed by atoms with Crippen molar-refractivity contribution in [3.8, 4) is 0 Å². The van der Waals surface area contributed by atoms with Crippen molar-refractivity contribution in [1.29, 1.82) is 0 Å². The summed E-state index contributed by atoms with van der Waals surface area (Å²) in [5.41, 5.74) is 3.46. The summed E-state index contributed by atoms with van der Waals surface area (Å²) in [5, 5.41) is 4.70. The molecule has 1 saturated carbocycles. The Morgan fingerprint density at radius 2 is 2.12 bits per heavy atom. The van der Waals surface area contributed by atoms with Crippen molar-refractivity contribution >= 4 is 11.0 Å². The van der Waals surface area contributed by atoms with Gasteiger partial charge in [-0.15, -0.1) is 0 Å². The van der Waals surface area contributed by atoms with E-state index in [2.05, 4.69) is 44.2 Å². The Kier molecular flexibility index (Phi) is 3.28. The second-order valence-corrected chi connectivity index (χ2v) is 7.17. The Balaban J connectivity index is 1.51. The minimum Gasteiger partial charge on any atom is -0.309 e. The first-order valence-corrected chi connectivity index (χ1v) is 8.95. The third-order valence-corrected chi connectivity index (χ3v) is 5.50. The van der Waals surface area contributed by atoms with Crippen molar-refractivity contribution in [2.45, 2.75) is 44.3 Å². The summed E-state index contributed by atoms with van der Waals surface area (Å²) < 4.78 is 1.67. The summed E-state index contributed by atoms with van der Waals surface area (Å²) in [5.74, 6) is 0.734. The Bertz CT molecular complexity index is 1000. The van der Waals surface area contributed by atoms with Crippen molar-refractivity contribution in [2.75, 3.05) is 0 Å². The van der Waals surface area contributed by atoms with Crippen LogP contribution >= 0.6 is 0 Å². The molecule has 3 aromatic rings. The summed E-state index contributed by atoms with van der Waals surface area (Å²) in [6.07, 6.45) is 6.33. The molecule has 2 heterocycles. The summed E-state index contributed by atoms with van der Waals surface area (Å²) in [6, 6.07) is 9.77. The minimum atomic E-state index is -0.101. The number of aromatic nitrogens is 4. The fourth-order valence-electron chi connectivity index (χ4n) is 4.10. The van der Waals surface area contributed by atoms with Crippen molar-refractivity contribution in [3.63, 3.8) is 0 Å². The van der Waals surface area contributed by atoms with Gasteiger partial charge in [-0.1, -0.05) is 24.3 Å². The number of fused-ring (bicyclic) bond motifs is 2. The predicted molar refractivity (Wildman–Crippen MR) is 95.2 cm³/mol. The second-order valence-electron chi connectivity index (χ2n) is 7.17. The maximum absolute atomic E-state index is 12.3. The normalized spacial score (nSPS) is 19.7. The molecule has 6 nitrogen and oxygen atoms in total. The summed E-state index contributed by atoms with van der Waals surface area (Å²) in [4.78, 5) is 22.5. The molecule has 2 aliphatic rings. The lowest BCUT2D eigenvalue weighted by Crippen LogP contribution is -2.31. The van der Waals surface area contributed by atoms with Gasteiger partial charge in [-0.3, -0.25) is 14.4 Å². The molecule has 0 bridgehead atoms. The molecule has 0 radical (unpaired) electrons. The van der Waals surface area contributed by atoms with Crippen LogP contribution < -0.4 is 5.56 Å². The highest BCUT2D eigenvalue weighted by atomic mass is 16.1. The van der Waals surface area contributed by atoms with E-state index in [1.54, 1.807) is 10.9 Å². The fraction of sp³-hybridized carbons (Fsp3) is 0.421. The molecule has 5 rings (SSSR count). The van der Waals surface area contributed by atoms with Gasteiger partial charge in [0, 0.05) is 19.1 Å². The molecule has 128 valence electrons. The van der Waals surface area contributed by atoms with E-state index in [4.69, 9.17) is 0 Å². The number of aryl methyl sites for hydroxylation is 2. The Morgan fingerprint density at radius 3 is 2.96 bits per heavy atom. The molecule has 25 heavy (non-hydrogen) atoms. The van der Waals surface area contributed by atoms with Gasteiger partial charge in [-0.05, 0) is 36.8 Å². The third-order valence-electron chi connectivity index (χ3n) is 5.50. The first-order chi connectivity index (χ1) is 12.2. The first-order valence-electron chi connectivity index (χ1n) is 8.95. The van der Waals surface area contributed by atoms with Crippen molar-refractivity contribution < 1.29 is 0 Å². The van der Waals surface area contributed by atoms with Crippen LogP contribution in [0.2, 0.25) is 0 Å². The average Bonchev–Trinajstić information content (AvgIpc) is 3.26. The average molecular weight is 335 g/mol. The summed E-state index contributed by atoms with van der Waals surface area (Å²) >= 11 is 0. The zero-order chi connectivity index (χ0) is 17.0. The molecule has 1 atom stereocenters. The predicted octanol–water partition coefficient (Wildman–Crippen LogP) is 2.31.